The molecule has 0 aliphatic carbocycles. The van der Waals surface area contributed by atoms with Crippen LogP contribution in [0.25, 0.3) is 0 Å². The minimum Gasteiger partial charge on any atom is -0.494 e. The predicted octanol–water partition coefficient (Wildman–Crippen LogP) is 5.32. The van der Waals surface area contributed by atoms with Crippen LogP contribution in [0.5, 0.6) is 28.7 Å². The van der Waals surface area contributed by atoms with Gasteiger partial charge >= 0.3 is 5.97 Å². The van der Waals surface area contributed by atoms with Gasteiger partial charge in [0.2, 0.25) is 5.88 Å². The van der Waals surface area contributed by atoms with Gasteiger partial charge < -0.3 is 29.4 Å². The molecule has 37 heavy (non-hydrogen) atoms. The predicted molar refractivity (Wildman–Crippen MR) is 137 cm³/mol. The summed E-state index contributed by atoms with van der Waals surface area (Å²) in [5.41, 5.74) is 8.27. The second-order valence-corrected chi connectivity index (χ2v) is 8.05. The lowest BCUT2D eigenvalue weighted by atomic mass is 9.83. The molecule has 0 fully saturated rings. The van der Waals surface area contributed by atoms with Crippen LogP contribution in [0.4, 0.5) is 0 Å². The summed E-state index contributed by atoms with van der Waals surface area (Å²) in [6, 6.07) is 19.5. The summed E-state index contributed by atoms with van der Waals surface area (Å²) in [4.78, 5) is 12.7. The maximum atomic E-state index is 12.7. The maximum absolute atomic E-state index is 12.7. The fraction of sp³-hybridized carbons (Fsp3) is 0.241. The molecule has 8 heteroatoms. The van der Waals surface area contributed by atoms with Crippen molar-refractivity contribution in [3.8, 4) is 34.8 Å². The number of rotatable bonds is 9. The molecule has 0 amide bonds. The number of allylic oxidation sites excluding steroid dienone is 1. The van der Waals surface area contributed by atoms with Gasteiger partial charge in [-0.15, -0.1) is 0 Å². The fourth-order valence-corrected chi connectivity index (χ4v) is 4.13. The molecule has 0 radical (unpaired) electrons. The van der Waals surface area contributed by atoms with Gasteiger partial charge in [-0.1, -0.05) is 18.2 Å². The van der Waals surface area contributed by atoms with E-state index in [0.717, 1.165) is 5.56 Å². The highest BCUT2D eigenvalue weighted by Gasteiger charge is 2.32. The Balaban J connectivity index is 1.67. The monoisotopic (exact) mass is 500 g/mol. The Bertz CT molecular complexity index is 1380. The Labute approximate surface area is 215 Å². The summed E-state index contributed by atoms with van der Waals surface area (Å²) >= 11 is 0. The van der Waals surface area contributed by atoms with E-state index in [9.17, 15) is 10.1 Å². The van der Waals surface area contributed by atoms with Crippen molar-refractivity contribution in [3.05, 3.63) is 88.8 Å². The van der Waals surface area contributed by atoms with E-state index in [-0.39, 0.29) is 17.2 Å². The summed E-state index contributed by atoms with van der Waals surface area (Å²) in [5.74, 6) is 1.38. The van der Waals surface area contributed by atoms with Crippen molar-refractivity contribution in [3.63, 3.8) is 0 Å². The zero-order valence-electron chi connectivity index (χ0n) is 20.9. The van der Waals surface area contributed by atoms with Crippen LogP contribution in [-0.4, -0.2) is 25.8 Å². The van der Waals surface area contributed by atoms with E-state index >= 15 is 0 Å². The largest absolute Gasteiger partial charge is 0.494 e. The summed E-state index contributed by atoms with van der Waals surface area (Å²) in [5, 5.41) is 9.89. The van der Waals surface area contributed by atoms with Crippen LogP contribution in [0.15, 0.2) is 72.1 Å². The van der Waals surface area contributed by atoms with Gasteiger partial charge in [-0.3, -0.25) is 0 Å². The Morgan fingerprint density at radius 1 is 0.919 bits per heavy atom. The number of hydrogen-bond acceptors (Lipinski definition) is 8. The molecule has 3 aromatic rings. The number of nitriles is 1. The van der Waals surface area contributed by atoms with Gasteiger partial charge in [0.15, 0.2) is 11.5 Å². The van der Waals surface area contributed by atoms with Crippen LogP contribution in [0.1, 0.15) is 48.2 Å². The van der Waals surface area contributed by atoms with Crippen LogP contribution in [-0.2, 0) is 0 Å². The minimum atomic E-state index is -0.539. The molecule has 0 bridgehead atoms. The number of carbonyl (C=O) groups is 1. The SMILES string of the molecule is CCOc1cccc(C(=O)Oc2ccc3c(c2)OC(N)=C(C#N)C3c2ccc(OCC)c(OCC)c2)c1. The van der Waals surface area contributed by atoms with Gasteiger partial charge in [0.1, 0.15) is 28.9 Å². The van der Waals surface area contributed by atoms with E-state index in [2.05, 4.69) is 6.07 Å². The first-order valence-electron chi connectivity index (χ1n) is 12.0. The number of esters is 1. The molecule has 1 aliphatic rings. The highest BCUT2D eigenvalue weighted by Crippen LogP contribution is 2.45. The van der Waals surface area contributed by atoms with Crippen LogP contribution >= 0.6 is 0 Å². The topological polar surface area (TPSA) is 113 Å². The average Bonchev–Trinajstić information content (AvgIpc) is 2.89. The quantitative estimate of drug-likeness (QED) is 0.310. The van der Waals surface area contributed by atoms with Crippen LogP contribution in [0.2, 0.25) is 0 Å². The third kappa shape index (κ3) is 5.46. The van der Waals surface area contributed by atoms with Gasteiger partial charge in [0, 0.05) is 11.6 Å². The molecule has 1 unspecified atom stereocenters. The highest BCUT2D eigenvalue weighted by molar-refractivity contribution is 5.91. The second-order valence-electron chi connectivity index (χ2n) is 8.05. The molecule has 3 aromatic carbocycles. The first-order chi connectivity index (χ1) is 18.0. The van der Waals surface area contributed by atoms with Crippen molar-refractivity contribution in [2.24, 2.45) is 5.73 Å². The molecule has 0 saturated heterocycles. The number of ether oxygens (including phenoxy) is 5. The molecular formula is C29H28N2O6. The third-order valence-electron chi connectivity index (χ3n) is 5.68. The summed E-state index contributed by atoms with van der Waals surface area (Å²) in [6.45, 7) is 7.10. The molecule has 1 aliphatic heterocycles. The van der Waals surface area contributed by atoms with Crippen molar-refractivity contribution in [1.82, 2.24) is 0 Å². The Morgan fingerprint density at radius 3 is 2.41 bits per heavy atom. The fourth-order valence-electron chi connectivity index (χ4n) is 4.13. The van der Waals surface area contributed by atoms with Crippen LogP contribution in [0, 0.1) is 11.3 Å². The second kappa shape index (κ2) is 11.4. The summed E-state index contributed by atoms with van der Waals surface area (Å²) in [7, 11) is 0. The molecule has 1 heterocycles. The average molecular weight is 501 g/mol. The lowest BCUT2D eigenvalue weighted by molar-refractivity contribution is 0.0734. The molecule has 2 N–H and O–H groups in total. The van der Waals surface area contributed by atoms with E-state index in [1.807, 2.05) is 39.0 Å². The Morgan fingerprint density at radius 2 is 1.68 bits per heavy atom. The molecule has 190 valence electrons. The number of hydrogen-bond donors (Lipinski definition) is 1. The number of carbonyl (C=O) groups excluding carboxylic acids is 1. The first-order valence-corrected chi connectivity index (χ1v) is 12.0. The van der Waals surface area contributed by atoms with Gasteiger partial charge in [-0.2, -0.15) is 5.26 Å². The van der Waals surface area contributed by atoms with E-state index < -0.39 is 11.9 Å². The molecular weight excluding hydrogens is 472 g/mol. The molecule has 0 aromatic heterocycles. The summed E-state index contributed by atoms with van der Waals surface area (Å²) < 4.78 is 28.3. The van der Waals surface area contributed by atoms with Crippen molar-refractivity contribution < 1.29 is 28.5 Å². The highest BCUT2D eigenvalue weighted by atomic mass is 16.5. The van der Waals surface area contributed by atoms with E-state index in [1.165, 1.54) is 0 Å². The van der Waals surface area contributed by atoms with Gasteiger partial charge in [-0.05, 0) is 62.7 Å². The molecule has 8 nitrogen and oxygen atoms in total. The zero-order valence-corrected chi connectivity index (χ0v) is 20.9. The third-order valence-corrected chi connectivity index (χ3v) is 5.68. The number of fused-ring (bicyclic) bond motifs is 1. The molecule has 0 spiro atoms. The first kappa shape index (κ1) is 25.5. The molecule has 0 saturated carbocycles. The maximum Gasteiger partial charge on any atom is 0.343 e. The lowest BCUT2D eigenvalue weighted by Gasteiger charge is -2.27. The number of benzene rings is 3. The lowest BCUT2D eigenvalue weighted by Crippen LogP contribution is -2.21. The standard InChI is InChI=1S/C29H28N2O6/c1-4-33-20-9-7-8-19(14-20)29(32)36-21-11-12-22-25(16-21)37-28(31)23(17-30)27(22)18-10-13-24(34-5-2)26(15-18)35-6-3/h7-16,27H,4-6,31H2,1-3H3. The number of nitrogens with zero attached hydrogens (tertiary/aromatic N) is 1. The minimum absolute atomic E-state index is 0.0141. The van der Waals surface area contributed by atoms with Crippen molar-refractivity contribution in [2.75, 3.05) is 19.8 Å². The van der Waals surface area contributed by atoms with E-state index in [4.69, 9.17) is 29.4 Å². The van der Waals surface area contributed by atoms with E-state index in [1.54, 1.807) is 42.5 Å². The van der Waals surface area contributed by atoms with E-state index in [0.29, 0.717) is 53.9 Å². The Hall–Kier alpha value is -4.64. The normalized spacial score (nSPS) is 14.2. The van der Waals surface area contributed by atoms with Gasteiger partial charge in [-0.25, -0.2) is 4.79 Å². The van der Waals surface area contributed by atoms with Crippen molar-refractivity contribution in [1.29, 1.82) is 5.26 Å². The van der Waals surface area contributed by atoms with Crippen LogP contribution in [0.3, 0.4) is 0 Å². The molecule has 1 atom stereocenters. The molecule has 4 rings (SSSR count). The number of nitrogens with two attached hydrogens (primary N) is 1. The van der Waals surface area contributed by atoms with Crippen molar-refractivity contribution in [2.45, 2.75) is 26.7 Å². The Kier molecular flexibility index (Phi) is 7.84. The summed E-state index contributed by atoms with van der Waals surface area (Å²) in [6.07, 6.45) is 0. The van der Waals surface area contributed by atoms with Crippen LogP contribution < -0.4 is 29.4 Å². The zero-order chi connectivity index (χ0) is 26.4. The van der Waals surface area contributed by atoms with Gasteiger partial charge in [0.25, 0.3) is 0 Å². The van der Waals surface area contributed by atoms with Crippen molar-refractivity contribution >= 4 is 5.97 Å². The van der Waals surface area contributed by atoms with Gasteiger partial charge in [0.05, 0.1) is 31.3 Å². The smallest absolute Gasteiger partial charge is 0.343 e.